The number of hydrogen-bond donors (Lipinski definition) is 0. The number of ether oxygens (including phenoxy) is 1. The molecule has 0 bridgehead atoms. The van der Waals surface area contributed by atoms with Crippen molar-refractivity contribution in [3.05, 3.63) is 239 Å². The molecule has 1 aliphatic rings. The molecule has 1 aliphatic heterocycles. The van der Waals surface area contributed by atoms with Crippen molar-refractivity contribution in [1.29, 1.82) is 0 Å². The number of aryl methyl sites for hydroxylation is 4. The van der Waals surface area contributed by atoms with Crippen molar-refractivity contribution in [2.24, 2.45) is 0 Å². The van der Waals surface area contributed by atoms with Gasteiger partial charge < -0.3 is 4.74 Å². The first kappa shape index (κ1) is 39.3. The Morgan fingerprint density at radius 2 is 0.627 bits per heavy atom. The fourth-order valence-corrected chi connectivity index (χ4v) is 7.91. The smallest absolute Gasteiger partial charge is 0.0466 e. The van der Waals surface area contributed by atoms with Crippen LogP contribution in [0.1, 0.15) is 57.3 Å². The third kappa shape index (κ3) is 9.28. The summed E-state index contributed by atoms with van der Waals surface area (Å²) in [6.45, 7) is 10.6. The molecule has 1 heterocycles. The van der Waals surface area contributed by atoms with Crippen LogP contribution in [0.15, 0.2) is 194 Å². The van der Waals surface area contributed by atoms with Crippen LogP contribution in [0.4, 0.5) is 0 Å². The van der Waals surface area contributed by atoms with Crippen LogP contribution in [-0.4, -0.2) is 13.2 Å². The van der Waals surface area contributed by atoms with Crippen LogP contribution in [0.5, 0.6) is 0 Å². The molecule has 1 heteroatoms. The zero-order chi connectivity index (χ0) is 40.6. The normalized spacial score (nSPS) is 12.7. The van der Waals surface area contributed by atoms with Gasteiger partial charge in [0.1, 0.15) is 0 Å². The Hall–Kier alpha value is -6.54. The summed E-state index contributed by atoms with van der Waals surface area (Å²) in [6.07, 6.45) is 2.56. The van der Waals surface area contributed by atoms with Gasteiger partial charge in [0.2, 0.25) is 0 Å². The molecule has 0 aliphatic carbocycles. The molecule has 59 heavy (non-hydrogen) atoms. The highest BCUT2D eigenvalue weighted by atomic mass is 16.5. The van der Waals surface area contributed by atoms with Gasteiger partial charge in [-0.1, -0.05) is 204 Å². The first-order valence-electron chi connectivity index (χ1n) is 20.9. The van der Waals surface area contributed by atoms with Crippen molar-refractivity contribution in [2.75, 3.05) is 13.2 Å². The molecule has 1 nitrogen and oxygen atoms in total. The van der Waals surface area contributed by atoms with Crippen LogP contribution in [-0.2, 0) is 4.74 Å². The zero-order valence-electron chi connectivity index (χ0n) is 34.7. The lowest BCUT2D eigenvalue weighted by molar-refractivity contribution is 0.198. The summed E-state index contributed by atoms with van der Waals surface area (Å²) in [4.78, 5) is 0. The fourth-order valence-electron chi connectivity index (χ4n) is 7.91. The molecule has 0 saturated carbocycles. The minimum atomic E-state index is 1.00. The van der Waals surface area contributed by atoms with E-state index in [4.69, 9.17) is 4.74 Å². The lowest BCUT2D eigenvalue weighted by Crippen LogP contribution is -2.02. The highest BCUT2D eigenvalue weighted by Crippen LogP contribution is 2.45. The summed E-state index contributed by atoms with van der Waals surface area (Å²) in [5.41, 5.74) is 21.7. The van der Waals surface area contributed by atoms with Crippen LogP contribution in [0, 0.1) is 27.7 Å². The van der Waals surface area contributed by atoms with Crippen LogP contribution in [0.3, 0.4) is 0 Å². The standard InChI is InChI=1S/C54H44.C4H8O/c1-37-15-23-41(24-16-37)47-31-33-49(43-27-19-39(3)20-28-43)51(35-47)53(45-11-7-5-8-12-45)54(46-13-9-6-10-14-46)52-36-48(42-25-17-38(2)18-26-42)32-34-50(52)44-29-21-40(4)22-30-44;1-2-4-5-3-1/h5-36H,1-4H3;1-4H2/b54-53-;. The van der Waals surface area contributed by atoms with E-state index in [1.54, 1.807) is 0 Å². The molecular formula is C58H52O. The van der Waals surface area contributed by atoms with E-state index in [1.165, 1.54) is 113 Å². The number of rotatable bonds is 8. The summed E-state index contributed by atoms with van der Waals surface area (Å²) >= 11 is 0. The maximum absolute atomic E-state index is 4.94. The van der Waals surface area contributed by atoms with Gasteiger partial charge >= 0.3 is 0 Å². The molecule has 8 aromatic carbocycles. The first-order valence-corrected chi connectivity index (χ1v) is 20.9. The van der Waals surface area contributed by atoms with Gasteiger partial charge in [0.05, 0.1) is 0 Å². The molecule has 0 aromatic heterocycles. The maximum Gasteiger partial charge on any atom is 0.0466 e. The quantitative estimate of drug-likeness (QED) is 0.140. The molecule has 0 atom stereocenters. The Balaban J connectivity index is 0.000000901. The third-order valence-corrected chi connectivity index (χ3v) is 11.3. The highest BCUT2D eigenvalue weighted by molar-refractivity contribution is 6.10. The Morgan fingerprint density at radius 1 is 0.322 bits per heavy atom. The van der Waals surface area contributed by atoms with Crippen LogP contribution >= 0.6 is 0 Å². The summed E-state index contributed by atoms with van der Waals surface area (Å²) in [5.74, 6) is 0. The Bertz CT molecular complexity index is 2450. The van der Waals surface area contributed by atoms with Gasteiger partial charge in [-0.3, -0.25) is 0 Å². The van der Waals surface area contributed by atoms with Crippen molar-refractivity contribution in [2.45, 2.75) is 40.5 Å². The molecule has 0 amide bonds. The predicted molar refractivity (Wildman–Crippen MR) is 252 cm³/mol. The largest absolute Gasteiger partial charge is 0.381 e. The average Bonchev–Trinajstić information content (AvgIpc) is 3.88. The molecule has 9 rings (SSSR count). The van der Waals surface area contributed by atoms with Gasteiger partial charge in [-0.25, -0.2) is 0 Å². The van der Waals surface area contributed by atoms with E-state index in [2.05, 4.69) is 222 Å². The minimum Gasteiger partial charge on any atom is -0.381 e. The predicted octanol–water partition coefficient (Wildman–Crippen LogP) is 15.4. The van der Waals surface area contributed by atoms with Gasteiger partial charge in [-0.05, 0) is 131 Å². The summed E-state index contributed by atoms with van der Waals surface area (Å²) < 4.78 is 4.94. The highest BCUT2D eigenvalue weighted by Gasteiger charge is 2.23. The van der Waals surface area contributed by atoms with E-state index in [0.29, 0.717) is 0 Å². The average molecular weight is 765 g/mol. The van der Waals surface area contributed by atoms with E-state index < -0.39 is 0 Å². The van der Waals surface area contributed by atoms with E-state index in [9.17, 15) is 0 Å². The van der Waals surface area contributed by atoms with E-state index in [0.717, 1.165) is 13.2 Å². The molecule has 0 unspecified atom stereocenters. The summed E-state index contributed by atoms with van der Waals surface area (Å²) in [7, 11) is 0. The molecule has 0 N–H and O–H groups in total. The first-order chi connectivity index (χ1) is 28.9. The minimum absolute atomic E-state index is 1.00. The molecule has 1 saturated heterocycles. The lowest BCUT2D eigenvalue weighted by Gasteiger charge is -2.24. The fraction of sp³-hybridized carbons (Fsp3) is 0.138. The number of hydrogen-bond acceptors (Lipinski definition) is 1. The monoisotopic (exact) mass is 764 g/mol. The molecule has 0 spiro atoms. The van der Waals surface area contributed by atoms with Crippen LogP contribution < -0.4 is 0 Å². The van der Waals surface area contributed by atoms with Gasteiger partial charge in [0.15, 0.2) is 0 Å². The van der Waals surface area contributed by atoms with Gasteiger partial charge in [0, 0.05) is 13.2 Å². The maximum atomic E-state index is 4.94. The van der Waals surface area contributed by atoms with Gasteiger partial charge in [-0.2, -0.15) is 0 Å². The summed E-state index contributed by atoms with van der Waals surface area (Å²) in [6, 6.07) is 71.7. The van der Waals surface area contributed by atoms with Crippen LogP contribution in [0.25, 0.3) is 55.7 Å². The van der Waals surface area contributed by atoms with Gasteiger partial charge in [0.25, 0.3) is 0 Å². The molecule has 8 aromatic rings. The van der Waals surface area contributed by atoms with E-state index in [1.807, 2.05) is 0 Å². The molecule has 1 fully saturated rings. The molecular weight excluding hydrogens is 713 g/mol. The lowest BCUT2D eigenvalue weighted by atomic mass is 9.79. The van der Waals surface area contributed by atoms with Crippen LogP contribution in [0.2, 0.25) is 0 Å². The molecule has 290 valence electrons. The Kier molecular flexibility index (Phi) is 12.2. The van der Waals surface area contributed by atoms with Crippen molar-refractivity contribution >= 4 is 11.1 Å². The molecule has 0 radical (unpaired) electrons. The second-order valence-electron chi connectivity index (χ2n) is 15.8. The van der Waals surface area contributed by atoms with E-state index in [-0.39, 0.29) is 0 Å². The van der Waals surface area contributed by atoms with Crippen molar-refractivity contribution in [3.8, 4) is 44.5 Å². The summed E-state index contributed by atoms with van der Waals surface area (Å²) in [5, 5.41) is 0. The van der Waals surface area contributed by atoms with Crippen molar-refractivity contribution < 1.29 is 4.74 Å². The second-order valence-corrected chi connectivity index (χ2v) is 15.8. The van der Waals surface area contributed by atoms with E-state index >= 15 is 0 Å². The third-order valence-electron chi connectivity index (χ3n) is 11.3. The topological polar surface area (TPSA) is 9.23 Å². The second kappa shape index (κ2) is 18.4. The Morgan fingerprint density at radius 3 is 0.932 bits per heavy atom. The zero-order valence-corrected chi connectivity index (χ0v) is 34.7. The van der Waals surface area contributed by atoms with Crippen molar-refractivity contribution in [1.82, 2.24) is 0 Å². The van der Waals surface area contributed by atoms with Gasteiger partial charge in [-0.15, -0.1) is 0 Å². The van der Waals surface area contributed by atoms with Crippen molar-refractivity contribution in [3.63, 3.8) is 0 Å². The Labute approximate surface area is 351 Å². The SMILES string of the molecule is C1CCOC1.Cc1ccc(-c2ccc(-c3ccc(C)cc3)c(/C(=C(/c3ccccc3)c3cc(-c4ccc(C)cc4)ccc3-c3ccc(C)cc3)c3ccccc3)c2)cc1. The number of benzene rings is 8.